The van der Waals surface area contributed by atoms with Crippen LogP contribution in [0.5, 0.6) is 0 Å². The van der Waals surface area contributed by atoms with Crippen LogP contribution in [-0.4, -0.2) is 7.05 Å². The van der Waals surface area contributed by atoms with Crippen LogP contribution in [0, 0.1) is 0 Å². The van der Waals surface area contributed by atoms with Crippen molar-refractivity contribution in [2.24, 2.45) is 0 Å². The van der Waals surface area contributed by atoms with Crippen LogP contribution in [0.1, 0.15) is 56.4 Å². The summed E-state index contributed by atoms with van der Waals surface area (Å²) in [5.74, 6) is 2.05. The molecule has 0 bridgehead atoms. The van der Waals surface area contributed by atoms with Gasteiger partial charge in [0.2, 0.25) is 0 Å². The molecule has 98 valence electrons. The van der Waals surface area contributed by atoms with E-state index in [1.807, 2.05) is 7.05 Å². The average molecular weight is 245 g/mol. The Balaban J connectivity index is 2.71. The van der Waals surface area contributed by atoms with E-state index in [-0.39, 0.29) is 0 Å². The molecule has 1 N–H and O–H groups in total. The first-order chi connectivity index (χ1) is 8.56. The van der Waals surface area contributed by atoms with Gasteiger partial charge in [0.25, 0.3) is 0 Å². The molecule has 0 fully saturated rings. The Labute approximate surface area is 109 Å². The van der Waals surface area contributed by atoms with Crippen LogP contribution in [0.25, 0.3) is 11.0 Å². The van der Waals surface area contributed by atoms with Gasteiger partial charge in [-0.1, -0.05) is 45.9 Å². The van der Waals surface area contributed by atoms with Gasteiger partial charge in [0.15, 0.2) is 0 Å². The second-order valence-corrected chi connectivity index (χ2v) is 5.50. The lowest BCUT2D eigenvalue weighted by atomic mass is 9.95. The largest absolute Gasteiger partial charge is 0.459 e. The third-order valence-corrected chi connectivity index (χ3v) is 3.40. The van der Waals surface area contributed by atoms with Crippen LogP contribution in [0.4, 0.5) is 0 Å². The van der Waals surface area contributed by atoms with Crippen molar-refractivity contribution in [2.45, 2.75) is 46.1 Å². The number of furan rings is 1. The third kappa shape index (κ3) is 2.17. The van der Waals surface area contributed by atoms with Gasteiger partial charge in [-0.3, -0.25) is 0 Å². The number of fused-ring (bicyclic) bond motifs is 1. The Kier molecular flexibility index (Phi) is 3.76. The second kappa shape index (κ2) is 5.15. The van der Waals surface area contributed by atoms with Crippen LogP contribution in [-0.2, 0) is 6.54 Å². The highest BCUT2D eigenvalue weighted by atomic mass is 16.3. The molecule has 2 aromatic rings. The maximum Gasteiger partial charge on any atom is 0.138 e. The van der Waals surface area contributed by atoms with Crippen molar-refractivity contribution >= 4 is 11.0 Å². The summed E-state index contributed by atoms with van der Waals surface area (Å²) in [7, 11) is 1.96. The summed E-state index contributed by atoms with van der Waals surface area (Å²) in [6.45, 7) is 9.67. The van der Waals surface area contributed by atoms with Crippen molar-refractivity contribution in [3.8, 4) is 0 Å². The minimum absolute atomic E-state index is 0.483. The molecule has 0 amide bonds. The van der Waals surface area contributed by atoms with Crippen molar-refractivity contribution in [3.63, 3.8) is 0 Å². The summed E-state index contributed by atoms with van der Waals surface area (Å²) < 4.78 is 6.13. The molecule has 0 aliphatic carbocycles. The highest BCUT2D eigenvalue weighted by Gasteiger charge is 2.19. The molecule has 0 unspecified atom stereocenters. The predicted octanol–water partition coefficient (Wildman–Crippen LogP) is 4.40. The Morgan fingerprint density at radius 3 is 2.39 bits per heavy atom. The fraction of sp³-hybridized carbons (Fsp3) is 0.500. The molecule has 2 rings (SSSR count). The molecule has 1 heterocycles. The number of para-hydroxylation sites is 1. The maximum atomic E-state index is 6.13. The molecule has 0 radical (unpaired) electrons. The van der Waals surface area contributed by atoms with E-state index >= 15 is 0 Å². The van der Waals surface area contributed by atoms with E-state index in [1.165, 1.54) is 16.5 Å². The molecule has 0 atom stereocenters. The van der Waals surface area contributed by atoms with Gasteiger partial charge in [-0.2, -0.15) is 0 Å². The number of hydrogen-bond acceptors (Lipinski definition) is 2. The van der Waals surface area contributed by atoms with Gasteiger partial charge in [0.1, 0.15) is 11.3 Å². The van der Waals surface area contributed by atoms with Crippen molar-refractivity contribution < 1.29 is 4.42 Å². The normalized spacial score (nSPS) is 11.9. The van der Waals surface area contributed by atoms with Gasteiger partial charge in [0.05, 0.1) is 6.54 Å². The van der Waals surface area contributed by atoms with Crippen LogP contribution in [0.2, 0.25) is 0 Å². The smallest absolute Gasteiger partial charge is 0.138 e. The Morgan fingerprint density at radius 1 is 1.11 bits per heavy atom. The van der Waals surface area contributed by atoms with Gasteiger partial charge in [0, 0.05) is 10.9 Å². The van der Waals surface area contributed by atoms with Crippen molar-refractivity contribution in [1.29, 1.82) is 0 Å². The number of hydrogen-bond donors (Lipinski definition) is 1. The number of benzene rings is 1. The molecule has 0 aliphatic rings. The van der Waals surface area contributed by atoms with Gasteiger partial charge in [-0.05, 0) is 24.4 Å². The van der Waals surface area contributed by atoms with E-state index in [0.717, 1.165) is 17.9 Å². The fourth-order valence-corrected chi connectivity index (χ4v) is 2.59. The summed E-state index contributed by atoms with van der Waals surface area (Å²) in [5.41, 5.74) is 3.72. The molecular weight excluding hydrogens is 222 g/mol. The molecule has 2 nitrogen and oxygen atoms in total. The Hall–Kier alpha value is -1.28. The summed E-state index contributed by atoms with van der Waals surface area (Å²) in [5, 5.41) is 4.47. The quantitative estimate of drug-likeness (QED) is 0.863. The van der Waals surface area contributed by atoms with E-state index in [2.05, 4.69) is 51.2 Å². The Bertz CT molecular complexity index is 537. The number of nitrogens with one attached hydrogen (secondary N) is 1. The average Bonchev–Trinajstić information content (AvgIpc) is 2.66. The maximum absolute atomic E-state index is 6.13. The summed E-state index contributed by atoms with van der Waals surface area (Å²) >= 11 is 0. The standard InChI is InChI=1S/C16H23NO/c1-10(2)12-7-6-8-13-15(11(3)4)14(9-17-5)18-16(12)13/h6-8,10-11,17H,9H2,1-5H3. The Morgan fingerprint density at radius 2 is 1.83 bits per heavy atom. The number of rotatable bonds is 4. The molecule has 0 aliphatic heterocycles. The summed E-state index contributed by atoms with van der Waals surface area (Å²) in [6, 6.07) is 6.49. The van der Waals surface area contributed by atoms with Gasteiger partial charge < -0.3 is 9.73 Å². The monoisotopic (exact) mass is 245 g/mol. The zero-order valence-electron chi connectivity index (χ0n) is 12.0. The van der Waals surface area contributed by atoms with E-state index in [0.29, 0.717) is 11.8 Å². The third-order valence-electron chi connectivity index (χ3n) is 3.40. The van der Waals surface area contributed by atoms with Crippen molar-refractivity contribution in [2.75, 3.05) is 7.05 Å². The molecule has 18 heavy (non-hydrogen) atoms. The zero-order chi connectivity index (χ0) is 13.3. The topological polar surface area (TPSA) is 25.2 Å². The molecule has 1 aromatic heterocycles. The molecule has 0 saturated heterocycles. The summed E-state index contributed by atoms with van der Waals surface area (Å²) in [6.07, 6.45) is 0. The van der Waals surface area contributed by atoms with Gasteiger partial charge >= 0.3 is 0 Å². The minimum atomic E-state index is 0.483. The lowest BCUT2D eigenvalue weighted by Gasteiger charge is -2.07. The lowest BCUT2D eigenvalue weighted by Crippen LogP contribution is -2.06. The highest BCUT2D eigenvalue weighted by molar-refractivity contribution is 5.86. The van der Waals surface area contributed by atoms with Crippen LogP contribution < -0.4 is 5.32 Å². The molecule has 2 heteroatoms. The van der Waals surface area contributed by atoms with Crippen LogP contribution >= 0.6 is 0 Å². The SMILES string of the molecule is CNCc1oc2c(C(C)C)cccc2c1C(C)C. The first-order valence-corrected chi connectivity index (χ1v) is 6.75. The first kappa shape index (κ1) is 13.2. The lowest BCUT2D eigenvalue weighted by molar-refractivity contribution is 0.516. The minimum Gasteiger partial charge on any atom is -0.459 e. The molecule has 0 spiro atoms. The zero-order valence-corrected chi connectivity index (χ0v) is 12.0. The molecule has 1 aromatic carbocycles. The van der Waals surface area contributed by atoms with Crippen LogP contribution in [0.3, 0.4) is 0 Å². The molecule has 0 saturated carbocycles. The molecular formula is C16H23NO. The predicted molar refractivity (Wildman–Crippen MR) is 77.2 cm³/mol. The highest BCUT2D eigenvalue weighted by Crippen LogP contribution is 2.35. The van der Waals surface area contributed by atoms with Crippen molar-refractivity contribution in [1.82, 2.24) is 5.32 Å². The fourth-order valence-electron chi connectivity index (χ4n) is 2.59. The summed E-state index contributed by atoms with van der Waals surface area (Å²) in [4.78, 5) is 0. The van der Waals surface area contributed by atoms with E-state index in [4.69, 9.17) is 4.42 Å². The van der Waals surface area contributed by atoms with Gasteiger partial charge in [-0.25, -0.2) is 0 Å². The van der Waals surface area contributed by atoms with E-state index in [9.17, 15) is 0 Å². The van der Waals surface area contributed by atoms with Crippen molar-refractivity contribution in [3.05, 3.63) is 35.1 Å². The second-order valence-electron chi connectivity index (χ2n) is 5.50. The van der Waals surface area contributed by atoms with Gasteiger partial charge in [-0.15, -0.1) is 0 Å². The van der Waals surface area contributed by atoms with E-state index < -0.39 is 0 Å². The van der Waals surface area contributed by atoms with Crippen LogP contribution in [0.15, 0.2) is 22.6 Å². The first-order valence-electron chi connectivity index (χ1n) is 6.75. The van der Waals surface area contributed by atoms with E-state index in [1.54, 1.807) is 0 Å².